The summed E-state index contributed by atoms with van der Waals surface area (Å²) in [4.78, 5) is 28.5. The summed E-state index contributed by atoms with van der Waals surface area (Å²) in [5, 5.41) is 2.16. The molecule has 4 rings (SSSR count). The molecule has 2 aromatic rings. The second-order valence-electron chi connectivity index (χ2n) is 7.10. The van der Waals surface area contributed by atoms with Crippen LogP contribution in [0.1, 0.15) is 12.8 Å². The van der Waals surface area contributed by atoms with E-state index in [1.54, 1.807) is 9.80 Å². The summed E-state index contributed by atoms with van der Waals surface area (Å²) in [6.45, 7) is 2.79. The van der Waals surface area contributed by atoms with Crippen LogP contribution in [0.5, 0.6) is 5.75 Å². The third-order valence-electron chi connectivity index (χ3n) is 5.33. The van der Waals surface area contributed by atoms with Gasteiger partial charge in [-0.2, -0.15) is 0 Å². The number of amides is 2. The van der Waals surface area contributed by atoms with E-state index < -0.39 is 0 Å². The number of ether oxygens (including phenoxy) is 2. The van der Waals surface area contributed by atoms with Crippen LogP contribution >= 0.6 is 15.9 Å². The van der Waals surface area contributed by atoms with Gasteiger partial charge in [-0.1, -0.05) is 30.3 Å². The Kier molecular flexibility index (Phi) is 5.82. The third kappa shape index (κ3) is 4.00. The lowest BCUT2D eigenvalue weighted by atomic mass is 10.1. The maximum Gasteiger partial charge on any atom is 0.260 e. The zero-order valence-electron chi connectivity index (χ0n) is 15.6. The van der Waals surface area contributed by atoms with Gasteiger partial charge in [0.25, 0.3) is 11.8 Å². The Bertz CT molecular complexity index is 874. The monoisotopic (exact) mass is 446 g/mol. The molecule has 0 spiro atoms. The summed E-state index contributed by atoms with van der Waals surface area (Å²) in [5.74, 6) is 0.643. The van der Waals surface area contributed by atoms with E-state index in [2.05, 4.69) is 15.9 Å². The molecule has 2 fully saturated rings. The second-order valence-corrected chi connectivity index (χ2v) is 7.89. The molecule has 0 bridgehead atoms. The Morgan fingerprint density at radius 2 is 1.82 bits per heavy atom. The van der Waals surface area contributed by atoms with Gasteiger partial charge in [0, 0.05) is 32.8 Å². The normalized spacial score (nSPS) is 19.8. The molecule has 148 valence electrons. The molecular formula is C21H23BrN2O4. The summed E-state index contributed by atoms with van der Waals surface area (Å²) < 4.78 is 12.1. The lowest BCUT2D eigenvalue weighted by molar-refractivity contribution is -0.146. The molecule has 28 heavy (non-hydrogen) atoms. The highest BCUT2D eigenvalue weighted by Crippen LogP contribution is 2.33. The molecule has 2 amide bonds. The number of hydrogen-bond donors (Lipinski definition) is 0. The molecule has 0 radical (unpaired) electrons. The summed E-state index contributed by atoms with van der Waals surface area (Å²) >= 11 is 3.58. The fraction of sp³-hybridized carbons (Fsp3) is 0.429. The Morgan fingerprint density at radius 1 is 1.07 bits per heavy atom. The summed E-state index contributed by atoms with van der Waals surface area (Å²) in [6.07, 6.45) is 1.44. The van der Waals surface area contributed by atoms with Crippen molar-refractivity contribution in [2.45, 2.75) is 18.9 Å². The van der Waals surface area contributed by atoms with Crippen LogP contribution in [0, 0.1) is 0 Å². The Morgan fingerprint density at radius 3 is 2.57 bits per heavy atom. The Hall–Kier alpha value is -2.12. The van der Waals surface area contributed by atoms with Gasteiger partial charge >= 0.3 is 0 Å². The highest BCUT2D eigenvalue weighted by molar-refractivity contribution is 9.10. The van der Waals surface area contributed by atoms with Crippen molar-refractivity contribution in [1.29, 1.82) is 0 Å². The van der Waals surface area contributed by atoms with Crippen molar-refractivity contribution >= 4 is 38.5 Å². The van der Waals surface area contributed by atoms with Gasteiger partial charge in [0.05, 0.1) is 4.47 Å². The standard InChI is InChI=1S/C21H23BrN2O4/c22-20-16-5-2-1-4-15(16)7-8-17(20)28-14-19(25)23-9-11-24(12-10-23)21(26)18-6-3-13-27-18/h1-2,4-5,7-8,18H,3,6,9-14H2/t18-/m0/s1. The van der Waals surface area contributed by atoms with Gasteiger partial charge in [-0.25, -0.2) is 0 Å². The van der Waals surface area contributed by atoms with Crippen LogP contribution in [-0.4, -0.2) is 67.1 Å². The first-order valence-corrected chi connectivity index (χ1v) is 10.4. The van der Waals surface area contributed by atoms with Crippen LogP contribution in [0.2, 0.25) is 0 Å². The molecule has 2 saturated heterocycles. The fourth-order valence-corrected chi connectivity index (χ4v) is 4.32. The highest BCUT2D eigenvalue weighted by Gasteiger charge is 2.31. The fourth-order valence-electron chi connectivity index (χ4n) is 3.71. The largest absolute Gasteiger partial charge is 0.483 e. The number of piperazine rings is 1. The number of nitrogens with zero attached hydrogens (tertiary/aromatic N) is 2. The molecule has 2 heterocycles. The zero-order chi connectivity index (χ0) is 19.5. The van der Waals surface area contributed by atoms with Gasteiger partial charge in [0.1, 0.15) is 11.9 Å². The van der Waals surface area contributed by atoms with Crippen molar-refractivity contribution in [3.05, 3.63) is 40.9 Å². The maximum absolute atomic E-state index is 12.5. The first-order valence-electron chi connectivity index (χ1n) is 9.62. The van der Waals surface area contributed by atoms with Crippen LogP contribution in [0.3, 0.4) is 0 Å². The van der Waals surface area contributed by atoms with Gasteiger partial charge < -0.3 is 19.3 Å². The molecule has 0 saturated carbocycles. The van der Waals surface area contributed by atoms with Crippen LogP contribution in [0.15, 0.2) is 40.9 Å². The van der Waals surface area contributed by atoms with Crippen LogP contribution < -0.4 is 4.74 Å². The highest BCUT2D eigenvalue weighted by atomic mass is 79.9. The Labute approximate surface area is 172 Å². The predicted octanol–water partition coefficient (Wildman–Crippen LogP) is 2.83. The number of carbonyl (C=O) groups is 2. The topological polar surface area (TPSA) is 59.1 Å². The van der Waals surface area contributed by atoms with E-state index >= 15 is 0 Å². The number of rotatable bonds is 4. The van der Waals surface area contributed by atoms with Crippen molar-refractivity contribution in [3.63, 3.8) is 0 Å². The lowest BCUT2D eigenvalue weighted by Gasteiger charge is -2.35. The van der Waals surface area contributed by atoms with E-state index in [4.69, 9.17) is 9.47 Å². The number of hydrogen-bond acceptors (Lipinski definition) is 4. The number of fused-ring (bicyclic) bond motifs is 1. The van der Waals surface area contributed by atoms with Crippen molar-refractivity contribution in [3.8, 4) is 5.75 Å². The molecule has 1 atom stereocenters. The number of halogens is 1. The summed E-state index contributed by atoms with van der Waals surface area (Å²) in [6, 6.07) is 11.9. The first-order chi connectivity index (χ1) is 13.6. The quantitative estimate of drug-likeness (QED) is 0.724. The number of benzene rings is 2. The smallest absolute Gasteiger partial charge is 0.260 e. The molecule has 2 aromatic carbocycles. The molecular weight excluding hydrogens is 424 g/mol. The zero-order valence-corrected chi connectivity index (χ0v) is 17.2. The SMILES string of the molecule is O=C(COc1ccc2ccccc2c1Br)N1CCN(C(=O)[C@@H]2CCCO2)CC1. The van der Waals surface area contributed by atoms with Crippen LogP contribution in [0.4, 0.5) is 0 Å². The van der Waals surface area contributed by atoms with Crippen molar-refractivity contribution in [2.75, 3.05) is 39.4 Å². The van der Waals surface area contributed by atoms with E-state index in [9.17, 15) is 9.59 Å². The minimum absolute atomic E-state index is 0.0172. The van der Waals surface area contributed by atoms with Crippen molar-refractivity contribution in [2.24, 2.45) is 0 Å². The van der Waals surface area contributed by atoms with Crippen molar-refractivity contribution < 1.29 is 19.1 Å². The van der Waals surface area contributed by atoms with Gasteiger partial charge in [0.2, 0.25) is 0 Å². The van der Waals surface area contributed by atoms with Gasteiger partial charge in [-0.15, -0.1) is 0 Å². The van der Waals surface area contributed by atoms with E-state index in [0.717, 1.165) is 28.1 Å². The predicted molar refractivity (Wildman–Crippen MR) is 109 cm³/mol. The molecule has 2 aliphatic heterocycles. The molecule has 0 aliphatic carbocycles. The van der Waals surface area contributed by atoms with Crippen LogP contribution in [-0.2, 0) is 14.3 Å². The molecule has 0 unspecified atom stereocenters. The minimum Gasteiger partial charge on any atom is -0.483 e. The van der Waals surface area contributed by atoms with E-state index in [1.165, 1.54) is 0 Å². The van der Waals surface area contributed by atoms with E-state index in [-0.39, 0.29) is 24.5 Å². The molecule has 7 heteroatoms. The molecule has 2 aliphatic rings. The summed E-state index contributed by atoms with van der Waals surface area (Å²) in [5.41, 5.74) is 0. The maximum atomic E-state index is 12.5. The first kappa shape index (κ1) is 19.2. The third-order valence-corrected chi connectivity index (χ3v) is 6.15. The molecule has 0 aromatic heterocycles. The van der Waals surface area contributed by atoms with Gasteiger partial charge in [0.15, 0.2) is 6.61 Å². The summed E-state index contributed by atoms with van der Waals surface area (Å²) in [7, 11) is 0. The van der Waals surface area contributed by atoms with Crippen molar-refractivity contribution in [1.82, 2.24) is 9.80 Å². The van der Waals surface area contributed by atoms with Gasteiger partial charge in [-0.3, -0.25) is 9.59 Å². The average Bonchev–Trinajstić information content (AvgIpc) is 3.28. The minimum atomic E-state index is -0.296. The molecule has 0 N–H and O–H groups in total. The Balaban J connectivity index is 1.30. The number of carbonyl (C=O) groups excluding carboxylic acids is 2. The van der Waals surface area contributed by atoms with Crippen LogP contribution in [0.25, 0.3) is 10.8 Å². The molecule has 6 nitrogen and oxygen atoms in total. The second kappa shape index (κ2) is 8.49. The van der Waals surface area contributed by atoms with E-state index in [0.29, 0.717) is 38.5 Å². The average molecular weight is 447 g/mol. The van der Waals surface area contributed by atoms with E-state index in [1.807, 2.05) is 36.4 Å². The lowest BCUT2D eigenvalue weighted by Crippen LogP contribution is -2.53. The van der Waals surface area contributed by atoms with Gasteiger partial charge in [-0.05, 0) is 45.6 Å².